The molecule has 0 radical (unpaired) electrons. The van der Waals surface area contributed by atoms with E-state index >= 15 is 0 Å². The van der Waals surface area contributed by atoms with Crippen molar-refractivity contribution >= 4 is 11.5 Å². The van der Waals surface area contributed by atoms with Gasteiger partial charge in [0.05, 0.1) is 5.57 Å². The quantitative estimate of drug-likeness (QED) is 0.706. The first-order chi connectivity index (χ1) is 7.56. The minimum absolute atomic E-state index is 0.0223. The Morgan fingerprint density at radius 3 is 2.69 bits per heavy atom. The van der Waals surface area contributed by atoms with E-state index in [2.05, 4.69) is 5.32 Å². The minimum atomic E-state index is -0.0223. The van der Waals surface area contributed by atoms with Gasteiger partial charge in [-0.1, -0.05) is 0 Å². The van der Waals surface area contributed by atoms with Gasteiger partial charge < -0.3 is 15.6 Å². The molecular weight excluding hydrogens is 202 g/mol. The summed E-state index contributed by atoms with van der Waals surface area (Å²) in [5.41, 5.74) is 1.72. The molecule has 0 saturated heterocycles. The molecular formula is C12H19N3O. The molecule has 4 nitrogen and oxygen atoms in total. The number of ketones is 1. The molecule has 1 aliphatic carbocycles. The van der Waals surface area contributed by atoms with Crippen molar-refractivity contribution in [3.8, 4) is 0 Å². The third kappa shape index (κ3) is 2.95. The van der Waals surface area contributed by atoms with Gasteiger partial charge in [0, 0.05) is 44.3 Å². The van der Waals surface area contributed by atoms with E-state index in [1.54, 1.807) is 6.20 Å². The van der Waals surface area contributed by atoms with Gasteiger partial charge in [-0.2, -0.15) is 0 Å². The highest BCUT2D eigenvalue weighted by Gasteiger charge is 2.24. The average Bonchev–Trinajstić information content (AvgIpc) is 2.22. The molecule has 1 saturated carbocycles. The molecule has 1 rings (SSSR count). The molecule has 0 heterocycles. The van der Waals surface area contributed by atoms with Gasteiger partial charge >= 0.3 is 0 Å². The van der Waals surface area contributed by atoms with Gasteiger partial charge in [-0.15, -0.1) is 0 Å². The predicted molar refractivity (Wildman–Crippen MR) is 65.5 cm³/mol. The number of nitrogens with zero attached hydrogens (tertiary/aromatic N) is 1. The maximum atomic E-state index is 12.0. The fourth-order valence-electron chi connectivity index (χ4n) is 1.61. The molecule has 1 aliphatic rings. The van der Waals surface area contributed by atoms with E-state index in [4.69, 9.17) is 5.41 Å². The van der Waals surface area contributed by atoms with Crippen LogP contribution in [0.3, 0.4) is 0 Å². The van der Waals surface area contributed by atoms with E-state index in [-0.39, 0.29) is 5.78 Å². The Labute approximate surface area is 96.5 Å². The van der Waals surface area contributed by atoms with Crippen molar-refractivity contribution in [1.29, 1.82) is 5.41 Å². The highest BCUT2D eigenvalue weighted by Crippen LogP contribution is 2.21. The van der Waals surface area contributed by atoms with E-state index in [9.17, 15) is 4.79 Å². The fraction of sp³-hybridized carbons (Fsp3) is 0.500. The summed E-state index contributed by atoms with van der Waals surface area (Å²) in [6.07, 6.45) is 4.81. The van der Waals surface area contributed by atoms with Gasteiger partial charge in [0.2, 0.25) is 0 Å². The average molecular weight is 221 g/mol. The molecule has 1 fully saturated rings. The van der Waals surface area contributed by atoms with Crippen LogP contribution in [0.15, 0.2) is 23.5 Å². The number of Topliss-reactive ketones (excluding diaryl/α,β-unsaturated/α-hetero) is 1. The highest BCUT2D eigenvalue weighted by molar-refractivity contribution is 6.28. The van der Waals surface area contributed by atoms with Crippen LogP contribution in [0.2, 0.25) is 0 Å². The summed E-state index contributed by atoms with van der Waals surface area (Å²) in [5, 5.41) is 10.7. The van der Waals surface area contributed by atoms with Crippen molar-refractivity contribution in [1.82, 2.24) is 10.2 Å². The maximum absolute atomic E-state index is 12.0. The smallest absolute Gasteiger partial charge is 0.193 e. The lowest BCUT2D eigenvalue weighted by molar-refractivity contribution is -0.112. The first-order valence-electron chi connectivity index (χ1n) is 5.49. The van der Waals surface area contributed by atoms with E-state index in [1.807, 2.05) is 32.1 Å². The first-order valence-corrected chi connectivity index (χ1v) is 5.49. The van der Waals surface area contributed by atoms with Crippen molar-refractivity contribution in [2.75, 3.05) is 20.6 Å². The van der Waals surface area contributed by atoms with Crippen molar-refractivity contribution < 1.29 is 4.79 Å². The Balaban J connectivity index is 2.92. The molecule has 16 heavy (non-hydrogen) atoms. The summed E-state index contributed by atoms with van der Waals surface area (Å²) < 4.78 is 0. The topological polar surface area (TPSA) is 56.2 Å². The van der Waals surface area contributed by atoms with Crippen molar-refractivity contribution in [3.05, 3.63) is 23.5 Å². The molecule has 88 valence electrons. The molecule has 0 aromatic heterocycles. The van der Waals surface area contributed by atoms with Crippen molar-refractivity contribution in [2.24, 2.45) is 0 Å². The zero-order valence-corrected chi connectivity index (χ0v) is 10.1. The van der Waals surface area contributed by atoms with Crippen LogP contribution in [-0.2, 0) is 4.79 Å². The largest absolute Gasteiger partial charge is 0.391 e. The molecule has 0 spiro atoms. The Hall–Kier alpha value is -1.58. The predicted octanol–water partition coefficient (Wildman–Crippen LogP) is 1.31. The second kappa shape index (κ2) is 5.49. The lowest BCUT2D eigenvalue weighted by atomic mass is 9.88. The molecule has 0 bridgehead atoms. The second-order valence-electron chi connectivity index (χ2n) is 4.04. The number of hydrogen-bond donors (Lipinski definition) is 2. The Morgan fingerprint density at radius 1 is 1.44 bits per heavy atom. The summed E-state index contributed by atoms with van der Waals surface area (Å²) in [4.78, 5) is 13.9. The standard InChI is InChI=1S/C12H19N3O/c1-4-14-7-10-11(13)6-5-9(12(10)16)8-15(2)3/h7-8,13-14H,4-6H2,1-3H3/b9-8-,10-7+,13-11?. The Kier molecular flexibility index (Phi) is 4.28. The zero-order valence-electron chi connectivity index (χ0n) is 10.1. The number of nitrogens with one attached hydrogen (secondary N) is 2. The minimum Gasteiger partial charge on any atom is -0.391 e. The van der Waals surface area contributed by atoms with E-state index < -0.39 is 0 Å². The number of allylic oxidation sites excluding steroid dienone is 2. The van der Waals surface area contributed by atoms with Gasteiger partial charge in [-0.25, -0.2) is 0 Å². The molecule has 0 aliphatic heterocycles. The van der Waals surface area contributed by atoms with Crippen molar-refractivity contribution in [2.45, 2.75) is 19.8 Å². The molecule has 0 unspecified atom stereocenters. The lowest BCUT2D eigenvalue weighted by Gasteiger charge is -2.19. The number of hydrogen-bond acceptors (Lipinski definition) is 4. The number of rotatable bonds is 3. The zero-order chi connectivity index (χ0) is 12.1. The monoisotopic (exact) mass is 221 g/mol. The van der Waals surface area contributed by atoms with Crippen LogP contribution in [0.5, 0.6) is 0 Å². The Bertz CT molecular complexity index is 353. The van der Waals surface area contributed by atoms with Gasteiger partial charge in [-0.3, -0.25) is 4.79 Å². The Morgan fingerprint density at radius 2 is 2.12 bits per heavy atom. The summed E-state index contributed by atoms with van der Waals surface area (Å²) in [7, 11) is 3.79. The molecule has 0 aromatic rings. The molecule has 0 atom stereocenters. The second-order valence-corrected chi connectivity index (χ2v) is 4.04. The van der Waals surface area contributed by atoms with Crippen LogP contribution in [-0.4, -0.2) is 37.0 Å². The SMILES string of the molecule is CCN/C=C1\C(=N)CC/C(=C/N(C)C)C1=O. The summed E-state index contributed by atoms with van der Waals surface area (Å²) in [5.74, 6) is -0.0223. The molecule has 0 aromatic carbocycles. The van der Waals surface area contributed by atoms with Crippen LogP contribution < -0.4 is 5.32 Å². The summed E-state index contributed by atoms with van der Waals surface area (Å²) in [6, 6.07) is 0. The maximum Gasteiger partial charge on any atom is 0.193 e. The van der Waals surface area contributed by atoms with Crippen LogP contribution in [0.25, 0.3) is 0 Å². The fourth-order valence-corrected chi connectivity index (χ4v) is 1.61. The van der Waals surface area contributed by atoms with Crippen molar-refractivity contribution in [3.63, 3.8) is 0 Å². The van der Waals surface area contributed by atoms with Gasteiger partial charge in [0.1, 0.15) is 0 Å². The molecule has 2 N–H and O–H groups in total. The van der Waals surface area contributed by atoms with Crippen LogP contribution in [0.4, 0.5) is 0 Å². The third-order valence-corrected chi connectivity index (χ3v) is 2.37. The normalized spacial score (nSPS) is 21.7. The summed E-state index contributed by atoms with van der Waals surface area (Å²) in [6.45, 7) is 2.72. The van der Waals surface area contributed by atoms with E-state index in [0.717, 1.165) is 12.1 Å². The van der Waals surface area contributed by atoms with Gasteiger partial charge in [-0.05, 0) is 19.8 Å². The first kappa shape index (κ1) is 12.5. The molecule has 4 heteroatoms. The van der Waals surface area contributed by atoms with Gasteiger partial charge in [0.25, 0.3) is 0 Å². The summed E-state index contributed by atoms with van der Waals surface area (Å²) >= 11 is 0. The highest BCUT2D eigenvalue weighted by atomic mass is 16.1. The number of carbonyl (C=O) groups is 1. The van der Waals surface area contributed by atoms with E-state index in [1.165, 1.54) is 0 Å². The van der Waals surface area contributed by atoms with Crippen LogP contribution in [0, 0.1) is 5.41 Å². The molecule has 0 amide bonds. The van der Waals surface area contributed by atoms with Crippen LogP contribution >= 0.6 is 0 Å². The number of carbonyl (C=O) groups excluding carboxylic acids is 1. The third-order valence-electron chi connectivity index (χ3n) is 2.37. The lowest BCUT2D eigenvalue weighted by Crippen LogP contribution is -2.24. The van der Waals surface area contributed by atoms with E-state index in [0.29, 0.717) is 24.1 Å². The van der Waals surface area contributed by atoms with Gasteiger partial charge in [0.15, 0.2) is 5.78 Å². The van der Waals surface area contributed by atoms with Crippen LogP contribution in [0.1, 0.15) is 19.8 Å².